The molecule has 37 heavy (non-hydrogen) atoms. The van der Waals surface area contributed by atoms with Crippen LogP contribution in [0.15, 0.2) is 77.0 Å². The normalized spacial score (nSPS) is 13.8. The molecule has 0 saturated carbocycles. The number of ketones is 1. The molecule has 7 heteroatoms. The number of aromatic nitrogens is 1. The zero-order valence-electron chi connectivity index (χ0n) is 20.5. The molecule has 0 radical (unpaired) electrons. The molecule has 7 nitrogen and oxygen atoms in total. The van der Waals surface area contributed by atoms with Crippen molar-refractivity contribution >= 4 is 39.7 Å². The number of aryl methyl sites for hydroxylation is 1. The summed E-state index contributed by atoms with van der Waals surface area (Å²) in [5, 5.41) is 1.77. The van der Waals surface area contributed by atoms with Gasteiger partial charge in [0.15, 0.2) is 5.76 Å². The van der Waals surface area contributed by atoms with Gasteiger partial charge in [-0.15, -0.1) is 0 Å². The molecule has 1 aliphatic heterocycles. The number of benzene rings is 3. The third kappa shape index (κ3) is 3.76. The highest BCUT2D eigenvalue weighted by Gasteiger charge is 2.31. The zero-order valence-corrected chi connectivity index (χ0v) is 20.5. The van der Waals surface area contributed by atoms with Crippen molar-refractivity contribution in [3.05, 3.63) is 95.1 Å². The molecule has 2 aromatic heterocycles. The Morgan fingerprint density at radius 1 is 1.08 bits per heavy atom. The fourth-order valence-electron chi connectivity index (χ4n) is 4.66. The first kappa shape index (κ1) is 22.7. The first-order chi connectivity index (χ1) is 18.0. The molecule has 3 aromatic carbocycles. The van der Waals surface area contributed by atoms with E-state index in [1.807, 2.05) is 42.6 Å². The zero-order chi connectivity index (χ0) is 25.7. The van der Waals surface area contributed by atoms with Crippen LogP contribution < -0.4 is 14.2 Å². The van der Waals surface area contributed by atoms with E-state index in [-0.39, 0.29) is 17.3 Å². The summed E-state index contributed by atoms with van der Waals surface area (Å²) >= 11 is 0. The van der Waals surface area contributed by atoms with Crippen LogP contribution in [0, 0.1) is 6.92 Å². The predicted molar refractivity (Wildman–Crippen MR) is 139 cm³/mol. The number of para-hydroxylation sites is 1. The molecule has 0 aliphatic carbocycles. The number of carbonyl (C=O) groups is 2. The molecule has 0 unspecified atom stereocenters. The summed E-state index contributed by atoms with van der Waals surface area (Å²) in [5.74, 6) is 0.857. The second-order valence-electron chi connectivity index (χ2n) is 8.80. The summed E-state index contributed by atoms with van der Waals surface area (Å²) < 4.78 is 24.8. The maximum absolute atomic E-state index is 13.2. The lowest BCUT2D eigenvalue weighted by Crippen LogP contribution is -2.08. The molecule has 0 atom stereocenters. The van der Waals surface area contributed by atoms with Crippen LogP contribution in [0.25, 0.3) is 27.9 Å². The maximum atomic E-state index is 13.2. The van der Waals surface area contributed by atoms with Gasteiger partial charge in [-0.3, -0.25) is 4.79 Å². The minimum absolute atomic E-state index is 0.0985. The van der Waals surface area contributed by atoms with Crippen molar-refractivity contribution in [2.24, 2.45) is 0 Å². The summed E-state index contributed by atoms with van der Waals surface area (Å²) in [6.45, 7) is 4.59. The van der Waals surface area contributed by atoms with E-state index >= 15 is 0 Å². The van der Waals surface area contributed by atoms with Gasteiger partial charge >= 0.3 is 5.97 Å². The molecule has 1 aliphatic rings. The van der Waals surface area contributed by atoms with Crippen molar-refractivity contribution in [2.75, 3.05) is 7.11 Å². The lowest BCUT2D eigenvalue weighted by molar-refractivity contribution is 0.0702. The number of esters is 1. The molecular weight excluding hydrogens is 470 g/mol. The number of hydrogen-bond acceptors (Lipinski definition) is 6. The fraction of sp³-hybridized carbons (Fsp3) is 0.133. The van der Waals surface area contributed by atoms with Crippen LogP contribution in [0.2, 0.25) is 0 Å². The third-order valence-corrected chi connectivity index (χ3v) is 6.61. The molecule has 0 spiro atoms. The van der Waals surface area contributed by atoms with Crippen molar-refractivity contribution in [1.29, 1.82) is 0 Å². The van der Waals surface area contributed by atoms with E-state index in [1.54, 1.807) is 44.4 Å². The van der Waals surface area contributed by atoms with E-state index in [4.69, 9.17) is 18.6 Å². The SMILES string of the molecule is CCn1cc(/C=C2\Oc3c(ccc(OC(=O)c4cc5ccccc5o4)c3C)C2=O)c2cc(OC)ccc21. The summed E-state index contributed by atoms with van der Waals surface area (Å²) in [6.07, 6.45) is 3.74. The number of Topliss-reactive ketones (excluding diaryl/α,β-unsaturated/α-hetero) is 1. The number of carbonyl (C=O) groups excluding carboxylic acids is 2. The first-order valence-electron chi connectivity index (χ1n) is 11.9. The van der Waals surface area contributed by atoms with Crippen LogP contribution >= 0.6 is 0 Å². The molecule has 0 N–H and O–H groups in total. The van der Waals surface area contributed by atoms with E-state index in [1.165, 1.54) is 0 Å². The average Bonchev–Trinajstić information content (AvgIpc) is 3.60. The minimum atomic E-state index is -0.624. The number of methoxy groups -OCH3 is 1. The average molecular weight is 494 g/mol. The van der Waals surface area contributed by atoms with Gasteiger partial charge in [-0.1, -0.05) is 18.2 Å². The van der Waals surface area contributed by atoms with E-state index in [2.05, 4.69) is 11.5 Å². The third-order valence-electron chi connectivity index (χ3n) is 6.61. The van der Waals surface area contributed by atoms with Crippen LogP contribution in [0.3, 0.4) is 0 Å². The van der Waals surface area contributed by atoms with Gasteiger partial charge in [0.1, 0.15) is 22.8 Å². The molecule has 0 fully saturated rings. The largest absolute Gasteiger partial charge is 0.497 e. The number of hydrogen-bond donors (Lipinski definition) is 0. The number of nitrogens with zero attached hydrogens (tertiary/aromatic N) is 1. The summed E-state index contributed by atoms with van der Waals surface area (Å²) in [5.41, 5.74) is 3.46. The number of furan rings is 1. The van der Waals surface area contributed by atoms with Crippen LogP contribution in [0.4, 0.5) is 0 Å². The lowest BCUT2D eigenvalue weighted by Gasteiger charge is -2.09. The van der Waals surface area contributed by atoms with Gasteiger partial charge < -0.3 is 23.2 Å². The van der Waals surface area contributed by atoms with E-state index < -0.39 is 5.97 Å². The van der Waals surface area contributed by atoms with Crippen molar-refractivity contribution in [1.82, 2.24) is 4.57 Å². The van der Waals surface area contributed by atoms with Crippen LogP contribution in [-0.2, 0) is 6.54 Å². The molecule has 184 valence electrons. The van der Waals surface area contributed by atoms with Crippen LogP contribution in [-0.4, -0.2) is 23.4 Å². The molecule has 0 bridgehead atoms. The standard InChI is InChI=1S/C30H23NO6/c1-4-31-16-19(22-15-20(34-3)9-11-23(22)31)14-26-28(32)21-10-12-24(17(2)29(21)36-26)37-30(33)27-13-18-7-5-6-8-25(18)35-27/h5-16H,4H2,1-3H3/b26-14-. The highest BCUT2D eigenvalue weighted by Crippen LogP contribution is 2.40. The van der Waals surface area contributed by atoms with Crippen molar-refractivity contribution < 1.29 is 28.2 Å². The van der Waals surface area contributed by atoms with Crippen molar-refractivity contribution in [2.45, 2.75) is 20.4 Å². The number of rotatable bonds is 5. The summed E-state index contributed by atoms with van der Waals surface area (Å²) in [6, 6.07) is 18.1. The quantitative estimate of drug-likeness (QED) is 0.157. The Balaban J connectivity index is 1.32. The van der Waals surface area contributed by atoms with Gasteiger partial charge in [-0.2, -0.15) is 0 Å². The molecule has 3 heterocycles. The Labute approximate surface area is 212 Å². The van der Waals surface area contributed by atoms with E-state index in [9.17, 15) is 9.59 Å². The molecule has 6 rings (SSSR count). The minimum Gasteiger partial charge on any atom is -0.497 e. The van der Waals surface area contributed by atoms with Gasteiger partial charge in [0.25, 0.3) is 0 Å². The highest BCUT2D eigenvalue weighted by molar-refractivity contribution is 6.15. The Bertz CT molecular complexity index is 1720. The summed E-state index contributed by atoms with van der Waals surface area (Å²) in [7, 11) is 1.62. The smallest absolute Gasteiger partial charge is 0.379 e. The molecule has 0 saturated heterocycles. The first-order valence-corrected chi connectivity index (χ1v) is 11.9. The van der Waals surface area contributed by atoms with Crippen LogP contribution in [0.1, 0.15) is 39.0 Å². The van der Waals surface area contributed by atoms with Gasteiger partial charge in [0.2, 0.25) is 11.5 Å². The molecular formula is C30H23NO6. The second-order valence-corrected chi connectivity index (χ2v) is 8.80. The summed E-state index contributed by atoms with van der Waals surface area (Å²) in [4.78, 5) is 26.0. The molecule has 0 amide bonds. The van der Waals surface area contributed by atoms with Crippen molar-refractivity contribution in [3.8, 4) is 17.2 Å². The molecule has 5 aromatic rings. The maximum Gasteiger partial charge on any atom is 0.379 e. The Morgan fingerprint density at radius 3 is 2.70 bits per heavy atom. The Kier molecular flexibility index (Phi) is 5.34. The van der Waals surface area contributed by atoms with Gasteiger partial charge in [-0.25, -0.2) is 4.79 Å². The Morgan fingerprint density at radius 2 is 1.92 bits per heavy atom. The van der Waals surface area contributed by atoms with Gasteiger partial charge in [0, 0.05) is 40.2 Å². The number of fused-ring (bicyclic) bond motifs is 3. The number of ether oxygens (including phenoxy) is 3. The predicted octanol–water partition coefficient (Wildman–Crippen LogP) is 6.56. The van der Waals surface area contributed by atoms with E-state index in [0.717, 1.165) is 34.1 Å². The van der Waals surface area contributed by atoms with E-state index in [0.29, 0.717) is 28.2 Å². The number of allylic oxidation sites excluding steroid dienone is 1. The Hall–Kier alpha value is -4.78. The monoisotopic (exact) mass is 493 g/mol. The second kappa shape index (κ2) is 8.71. The fourth-order valence-corrected chi connectivity index (χ4v) is 4.66. The van der Waals surface area contributed by atoms with Crippen molar-refractivity contribution in [3.63, 3.8) is 0 Å². The lowest BCUT2D eigenvalue weighted by atomic mass is 10.1. The topological polar surface area (TPSA) is 79.9 Å². The van der Waals surface area contributed by atoms with Crippen LogP contribution in [0.5, 0.6) is 17.2 Å². The highest BCUT2D eigenvalue weighted by atomic mass is 16.5. The van der Waals surface area contributed by atoms with Gasteiger partial charge in [0.05, 0.1) is 12.7 Å². The van der Waals surface area contributed by atoms with Gasteiger partial charge in [-0.05, 0) is 62.4 Å².